The van der Waals surface area contributed by atoms with Crippen LogP contribution in [-0.4, -0.2) is 50.5 Å². The summed E-state index contributed by atoms with van der Waals surface area (Å²) in [5.41, 5.74) is 0.559. The molecule has 168 valence electrons. The molecule has 0 saturated heterocycles. The molecule has 1 unspecified atom stereocenters. The molecule has 7 nitrogen and oxygen atoms in total. The molecule has 0 spiro atoms. The van der Waals surface area contributed by atoms with E-state index >= 15 is 0 Å². The first-order valence-corrected chi connectivity index (χ1v) is 11.8. The highest BCUT2D eigenvalue weighted by Crippen LogP contribution is 2.22. The van der Waals surface area contributed by atoms with Crippen molar-refractivity contribution in [2.45, 2.75) is 32.9 Å². The number of hydrogen-bond acceptors (Lipinski definition) is 4. The molecule has 9 heteroatoms. The highest BCUT2D eigenvalue weighted by atomic mass is 32.2. The van der Waals surface area contributed by atoms with E-state index in [0.29, 0.717) is 6.54 Å². The Labute approximate surface area is 182 Å². The standard InChI is InChI=1S/C22H28FN3O4S/c1-4-14-24-22(28)17(2)25(15-18-10-6-5-7-11-18)21(27)16-26(31(3,29)30)20-13-9-8-12-19(20)23/h5-13,17H,4,14-16H2,1-3H3,(H,24,28). The Bertz CT molecular complexity index is 999. The van der Waals surface area contributed by atoms with Crippen LogP contribution in [0.1, 0.15) is 25.8 Å². The van der Waals surface area contributed by atoms with Gasteiger partial charge in [0.05, 0.1) is 11.9 Å². The molecule has 2 aromatic carbocycles. The number of para-hydroxylation sites is 1. The Kier molecular flexibility index (Phi) is 8.56. The molecule has 2 rings (SSSR count). The maximum Gasteiger partial charge on any atom is 0.244 e. The predicted molar refractivity (Wildman–Crippen MR) is 118 cm³/mol. The second-order valence-corrected chi connectivity index (χ2v) is 9.10. The van der Waals surface area contributed by atoms with Gasteiger partial charge in [0.25, 0.3) is 0 Å². The molecule has 2 amide bonds. The molecule has 0 aliphatic heterocycles. The third-order valence-corrected chi connectivity index (χ3v) is 5.84. The van der Waals surface area contributed by atoms with Crippen LogP contribution >= 0.6 is 0 Å². The van der Waals surface area contributed by atoms with E-state index < -0.39 is 34.3 Å². The molecule has 0 heterocycles. The number of anilines is 1. The molecule has 0 radical (unpaired) electrons. The normalized spacial score (nSPS) is 12.1. The van der Waals surface area contributed by atoms with E-state index in [0.717, 1.165) is 28.6 Å². The minimum absolute atomic E-state index is 0.106. The van der Waals surface area contributed by atoms with E-state index in [1.54, 1.807) is 6.92 Å². The summed E-state index contributed by atoms with van der Waals surface area (Å²) in [4.78, 5) is 27.1. The number of amides is 2. The number of hydrogen-bond donors (Lipinski definition) is 1. The lowest BCUT2D eigenvalue weighted by Gasteiger charge is -2.31. The third-order valence-electron chi connectivity index (χ3n) is 4.71. The minimum Gasteiger partial charge on any atom is -0.354 e. The van der Waals surface area contributed by atoms with Gasteiger partial charge in [0.1, 0.15) is 18.4 Å². The summed E-state index contributed by atoms with van der Waals surface area (Å²) >= 11 is 0. The molecule has 0 saturated carbocycles. The van der Waals surface area contributed by atoms with E-state index in [1.165, 1.54) is 23.1 Å². The van der Waals surface area contributed by atoms with E-state index in [4.69, 9.17) is 0 Å². The van der Waals surface area contributed by atoms with Gasteiger partial charge in [-0.2, -0.15) is 0 Å². The van der Waals surface area contributed by atoms with E-state index in [1.807, 2.05) is 37.3 Å². The van der Waals surface area contributed by atoms with Crippen molar-refractivity contribution in [2.75, 3.05) is 23.7 Å². The molecule has 0 bridgehead atoms. The first-order valence-electron chi connectivity index (χ1n) is 9.98. The largest absolute Gasteiger partial charge is 0.354 e. The van der Waals surface area contributed by atoms with Crippen LogP contribution in [0.5, 0.6) is 0 Å². The molecule has 1 N–H and O–H groups in total. The van der Waals surface area contributed by atoms with Crippen molar-refractivity contribution in [1.82, 2.24) is 10.2 Å². The number of nitrogens with one attached hydrogen (secondary N) is 1. The Morgan fingerprint density at radius 2 is 1.68 bits per heavy atom. The van der Waals surface area contributed by atoms with Gasteiger partial charge in [-0.3, -0.25) is 13.9 Å². The van der Waals surface area contributed by atoms with Gasteiger partial charge in [-0.05, 0) is 31.0 Å². The molecule has 0 aliphatic rings. The monoisotopic (exact) mass is 449 g/mol. The molecule has 2 aromatic rings. The molecule has 31 heavy (non-hydrogen) atoms. The molecule has 0 fully saturated rings. The highest BCUT2D eigenvalue weighted by Gasteiger charge is 2.30. The first-order chi connectivity index (χ1) is 14.6. The smallest absolute Gasteiger partial charge is 0.244 e. The van der Waals surface area contributed by atoms with Crippen LogP contribution in [0, 0.1) is 5.82 Å². The first kappa shape index (κ1) is 24.3. The van der Waals surface area contributed by atoms with Gasteiger partial charge in [-0.15, -0.1) is 0 Å². The lowest BCUT2D eigenvalue weighted by molar-refractivity contribution is -0.139. The minimum atomic E-state index is -3.96. The molecule has 0 aliphatic carbocycles. The summed E-state index contributed by atoms with van der Waals surface area (Å²) in [6, 6.07) is 13.6. The summed E-state index contributed by atoms with van der Waals surface area (Å²) in [6.07, 6.45) is 1.64. The molecule has 1 atom stereocenters. The van der Waals surface area contributed by atoms with Crippen LogP contribution in [0.25, 0.3) is 0 Å². The van der Waals surface area contributed by atoms with Crippen molar-refractivity contribution in [3.8, 4) is 0 Å². The van der Waals surface area contributed by atoms with E-state index in [-0.39, 0.29) is 18.1 Å². The summed E-state index contributed by atoms with van der Waals surface area (Å²) in [6.45, 7) is 3.43. The quantitative estimate of drug-likeness (QED) is 0.604. The van der Waals surface area contributed by atoms with Crippen molar-refractivity contribution in [3.05, 3.63) is 66.0 Å². The summed E-state index contributed by atoms with van der Waals surface area (Å²) in [5.74, 6) is -1.72. The van der Waals surface area contributed by atoms with E-state index in [9.17, 15) is 22.4 Å². The van der Waals surface area contributed by atoms with Gasteiger partial charge < -0.3 is 10.2 Å². The number of carbonyl (C=O) groups is 2. The number of rotatable bonds is 10. The summed E-state index contributed by atoms with van der Waals surface area (Å²) in [7, 11) is -3.96. The number of carbonyl (C=O) groups excluding carboxylic acids is 2. The van der Waals surface area contributed by atoms with Gasteiger partial charge in [0.2, 0.25) is 21.8 Å². The average molecular weight is 450 g/mol. The maximum atomic E-state index is 14.3. The van der Waals surface area contributed by atoms with Crippen LogP contribution in [0.4, 0.5) is 10.1 Å². The Morgan fingerprint density at radius 3 is 2.26 bits per heavy atom. The fourth-order valence-corrected chi connectivity index (χ4v) is 3.86. The van der Waals surface area contributed by atoms with Gasteiger partial charge in [0.15, 0.2) is 0 Å². The summed E-state index contributed by atoms with van der Waals surface area (Å²) < 4.78 is 39.7. The number of nitrogens with zero attached hydrogens (tertiary/aromatic N) is 2. The topological polar surface area (TPSA) is 86.8 Å². The molecular weight excluding hydrogens is 421 g/mol. The fourth-order valence-electron chi connectivity index (χ4n) is 3.01. The SMILES string of the molecule is CCCNC(=O)C(C)N(Cc1ccccc1)C(=O)CN(c1ccccc1F)S(C)(=O)=O. The maximum absolute atomic E-state index is 14.3. The number of sulfonamides is 1. The van der Waals surface area contributed by atoms with Crippen molar-refractivity contribution < 1.29 is 22.4 Å². The Hall–Kier alpha value is -2.94. The van der Waals surface area contributed by atoms with E-state index in [2.05, 4.69) is 5.32 Å². The van der Waals surface area contributed by atoms with Crippen LogP contribution < -0.4 is 9.62 Å². The fraction of sp³-hybridized carbons (Fsp3) is 0.364. The average Bonchev–Trinajstić information content (AvgIpc) is 2.74. The third kappa shape index (κ3) is 6.78. The highest BCUT2D eigenvalue weighted by molar-refractivity contribution is 7.92. The van der Waals surface area contributed by atoms with Crippen molar-refractivity contribution >= 4 is 27.5 Å². The van der Waals surface area contributed by atoms with Gasteiger partial charge in [-0.25, -0.2) is 12.8 Å². The van der Waals surface area contributed by atoms with Crippen molar-refractivity contribution in [3.63, 3.8) is 0 Å². The Morgan fingerprint density at radius 1 is 1.06 bits per heavy atom. The zero-order valence-corrected chi connectivity index (χ0v) is 18.7. The van der Waals surface area contributed by atoms with Crippen LogP contribution in [0.2, 0.25) is 0 Å². The van der Waals surface area contributed by atoms with Crippen LogP contribution in [0.3, 0.4) is 0 Å². The molecule has 0 aromatic heterocycles. The number of halogens is 1. The second kappa shape index (κ2) is 10.9. The van der Waals surface area contributed by atoms with Crippen molar-refractivity contribution in [2.24, 2.45) is 0 Å². The second-order valence-electron chi connectivity index (χ2n) is 7.20. The molecular formula is C22H28FN3O4S. The van der Waals surface area contributed by atoms with Gasteiger partial charge >= 0.3 is 0 Å². The van der Waals surface area contributed by atoms with Gasteiger partial charge in [-0.1, -0.05) is 49.4 Å². The van der Waals surface area contributed by atoms with Crippen molar-refractivity contribution in [1.29, 1.82) is 0 Å². The number of benzene rings is 2. The predicted octanol–water partition coefficient (Wildman–Crippen LogP) is 2.54. The van der Waals surface area contributed by atoms with Crippen LogP contribution in [-0.2, 0) is 26.2 Å². The zero-order chi connectivity index (χ0) is 23.0. The lowest BCUT2D eigenvalue weighted by atomic mass is 10.1. The van der Waals surface area contributed by atoms with Crippen LogP contribution in [0.15, 0.2) is 54.6 Å². The lowest BCUT2D eigenvalue weighted by Crippen LogP contribution is -2.51. The van der Waals surface area contributed by atoms with Gasteiger partial charge in [0, 0.05) is 13.1 Å². The zero-order valence-electron chi connectivity index (χ0n) is 17.9. The summed E-state index contributed by atoms with van der Waals surface area (Å²) in [5, 5.41) is 2.75. The Balaban J connectivity index is 2.35.